The summed E-state index contributed by atoms with van der Waals surface area (Å²) in [5.74, 6) is 0. The van der Waals surface area contributed by atoms with Crippen molar-refractivity contribution in [1.29, 1.82) is 0 Å². The third kappa shape index (κ3) is 6.10. The first-order chi connectivity index (χ1) is 28.2. The minimum Gasteiger partial charge on any atom is -0.0631 e. The summed E-state index contributed by atoms with van der Waals surface area (Å²) in [7, 11) is 0.561. The molecule has 0 saturated carbocycles. The normalized spacial score (nSPS) is 11.6. The van der Waals surface area contributed by atoms with Gasteiger partial charge in [0.1, 0.15) is 9.52 Å². The molecule has 0 aliphatic rings. The lowest BCUT2D eigenvalue weighted by Crippen LogP contribution is -2.26. The minimum absolute atomic E-state index is 0.561. The smallest absolute Gasteiger partial charge is 0.0631 e. The van der Waals surface area contributed by atoms with E-state index in [4.69, 9.17) is 0 Å². The Morgan fingerprint density at radius 1 is 0.211 bits per heavy atom. The van der Waals surface area contributed by atoms with Gasteiger partial charge in [-0.2, -0.15) is 0 Å². The van der Waals surface area contributed by atoms with Crippen LogP contribution in [0.3, 0.4) is 0 Å². The van der Waals surface area contributed by atoms with Crippen molar-refractivity contribution in [3.05, 3.63) is 218 Å². The molecule has 0 N–H and O–H groups in total. The first-order valence-corrected chi connectivity index (χ1v) is 20.7. The van der Waals surface area contributed by atoms with Crippen LogP contribution in [-0.4, -0.2) is 9.52 Å². The molecule has 0 atom stereocenters. The van der Waals surface area contributed by atoms with Gasteiger partial charge in [0.2, 0.25) is 0 Å². The number of rotatable bonds is 6. The zero-order valence-corrected chi connectivity index (χ0v) is 32.3. The van der Waals surface area contributed by atoms with E-state index in [2.05, 4.69) is 218 Å². The number of fused-ring (bicyclic) bond motifs is 5. The van der Waals surface area contributed by atoms with E-state index in [-0.39, 0.29) is 0 Å². The van der Waals surface area contributed by atoms with Gasteiger partial charge in [-0.25, -0.2) is 0 Å². The van der Waals surface area contributed by atoms with Gasteiger partial charge in [-0.15, -0.1) is 0 Å². The van der Waals surface area contributed by atoms with Crippen LogP contribution in [-0.2, 0) is 0 Å². The molecule has 0 aliphatic carbocycles. The van der Waals surface area contributed by atoms with Gasteiger partial charge in [0.15, 0.2) is 0 Å². The summed E-state index contributed by atoms with van der Waals surface area (Å²) < 4.78 is 0. The molecule has 11 rings (SSSR count). The topological polar surface area (TPSA) is 0 Å². The number of hydrogen-bond donors (Lipinski definition) is 0. The first kappa shape index (κ1) is 33.3. The van der Waals surface area contributed by atoms with Gasteiger partial charge in [-0.05, 0) is 135 Å². The molecule has 264 valence electrons. The maximum Gasteiger partial charge on any atom is 0.121 e. The van der Waals surface area contributed by atoms with E-state index >= 15 is 0 Å². The summed E-state index contributed by atoms with van der Waals surface area (Å²) in [6.07, 6.45) is 0. The van der Waals surface area contributed by atoms with Crippen molar-refractivity contribution in [3.8, 4) is 44.5 Å². The molecule has 0 aliphatic heterocycles. The van der Waals surface area contributed by atoms with Gasteiger partial charge in [0, 0.05) is 0 Å². The third-order valence-electron chi connectivity index (χ3n) is 11.5. The summed E-state index contributed by atoms with van der Waals surface area (Å²) in [5, 5.41) is 15.2. The van der Waals surface area contributed by atoms with Crippen LogP contribution in [0, 0.1) is 0 Å². The van der Waals surface area contributed by atoms with E-state index in [0.717, 1.165) is 0 Å². The van der Waals surface area contributed by atoms with E-state index in [9.17, 15) is 0 Å². The van der Waals surface area contributed by atoms with Crippen LogP contribution in [0.2, 0.25) is 0 Å². The van der Waals surface area contributed by atoms with E-state index in [1.807, 2.05) is 0 Å². The van der Waals surface area contributed by atoms with Crippen LogP contribution in [0.25, 0.3) is 98.4 Å². The van der Waals surface area contributed by atoms with Crippen LogP contribution < -0.4 is 10.4 Å². The van der Waals surface area contributed by atoms with Gasteiger partial charge in [-0.3, -0.25) is 0 Å². The Bertz CT molecular complexity index is 3220. The van der Waals surface area contributed by atoms with Crippen molar-refractivity contribution in [2.24, 2.45) is 0 Å². The second kappa shape index (κ2) is 13.9. The van der Waals surface area contributed by atoms with Crippen molar-refractivity contribution in [3.63, 3.8) is 0 Å². The molecule has 0 heterocycles. The fourth-order valence-corrected chi connectivity index (χ4v) is 9.83. The zero-order valence-electron chi connectivity index (χ0n) is 31.3. The van der Waals surface area contributed by atoms with E-state index in [0.29, 0.717) is 9.52 Å². The van der Waals surface area contributed by atoms with Gasteiger partial charge in [0.05, 0.1) is 0 Å². The highest BCUT2D eigenvalue weighted by molar-refractivity contribution is 6.67. The Hall–Kier alpha value is -7.06. The quantitative estimate of drug-likeness (QED) is 0.118. The predicted octanol–water partition coefficient (Wildman–Crippen LogP) is 13.8. The molecule has 1 heteroatoms. The highest BCUT2D eigenvalue weighted by Gasteiger charge is 2.19. The fraction of sp³-hybridized carbons (Fsp3) is 0. The van der Waals surface area contributed by atoms with E-state index < -0.39 is 0 Å². The van der Waals surface area contributed by atoms with Gasteiger partial charge in [-0.1, -0.05) is 192 Å². The standard InChI is InChI=1S/C56H36Si/c1-2-18-49(19-3-1)57-50-28-29-53-54(36-50)55(45-27-24-39-14-6-9-17-42(39)32-45)51-20-10-11-21-52(51)56(53)48-34-46(43-25-22-37-12-4-7-15-40(37)30-43)33-47(35-48)44-26-23-38-13-5-8-16-41(38)31-44/h1-36H. The molecule has 57 heavy (non-hydrogen) atoms. The van der Waals surface area contributed by atoms with Crippen LogP contribution in [0.1, 0.15) is 0 Å². The SMILES string of the molecule is c1ccc([Si]c2ccc3c(-c4cc(-c5ccc6ccccc6c5)cc(-c5ccc6ccccc6c5)c4)c4ccccc4c(-c4ccc5ccccc5c4)c3c2)cc1. The molecule has 0 amide bonds. The Balaban J connectivity index is 1.21. The molecule has 0 fully saturated rings. The summed E-state index contributed by atoms with van der Waals surface area (Å²) in [6, 6.07) is 81.1. The molecule has 0 spiro atoms. The summed E-state index contributed by atoms with van der Waals surface area (Å²) >= 11 is 0. The Morgan fingerprint density at radius 2 is 0.632 bits per heavy atom. The van der Waals surface area contributed by atoms with Crippen molar-refractivity contribution in [2.75, 3.05) is 0 Å². The maximum atomic E-state index is 2.47. The zero-order chi connectivity index (χ0) is 37.7. The van der Waals surface area contributed by atoms with E-state index in [1.54, 1.807) is 0 Å². The van der Waals surface area contributed by atoms with Crippen LogP contribution >= 0.6 is 0 Å². The van der Waals surface area contributed by atoms with Gasteiger partial charge < -0.3 is 0 Å². The van der Waals surface area contributed by atoms with Crippen molar-refractivity contribution in [2.45, 2.75) is 0 Å². The summed E-state index contributed by atoms with van der Waals surface area (Å²) in [5.41, 5.74) is 9.85. The highest BCUT2D eigenvalue weighted by Crippen LogP contribution is 2.46. The maximum absolute atomic E-state index is 2.47. The van der Waals surface area contributed by atoms with E-state index in [1.165, 1.54) is 109 Å². The molecular formula is C56H36Si. The molecule has 0 saturated heterocycles. The highest BCUT2D eigenvalue weighted by atomic mass is 28.2. The molecular weight excluding hydrogens is 701 g/mol. The summed E-state index contributed by atoms with van der Waals surface area (Å²) in [6.45, 7) is 0. The van der Waals surface area contributed by atoms with Crippen molar-refractivity contribution >= 4 is 73.8 Å². The largest absolute Gasteiger partial charge is 0.121 e. The van der Waals surface area contributed by atoms with Crippen LogP contribution in [0.4, 0.5) is 0 Å². The lowest BCUT2D eigenvalue weighted by atomic mass is 9.84. The van der Waals surface area contributed by atoms with Crippen molar-refractivity contribution in [1.82, 2.24) is 0 Å². The average molecular weight is 737 g/mol. The molecule has 0 nitrogen and oxygen atoms in total. The molecule has 11 aromatic carbocycles. The first-order valence-electron chi connectivity index (χ1n) is 19.7. The minimum atomic E-state index is 0.561. The molecule has 0 aromatic heterocycles. The van der Waals surface area contributed by atoms with Crippen LogP contribution in [0.5, 0.6) is 0 Å². The van der Waals surface area contributed by atoms with Gasteiger partial charge >= 0.3 is 0 Å². The lowest BCUT2D eigenvalue weighted by Gasteiger charge is -2.20. The molecule has 0 unspecified atom stereocenters. The second-order valence-corrected chi connectivity index (χ2v) is 16.4. The predicted molar refractivity (Wildman–Crippen MR) is 247 cm³/mol. The second-order valence-electron chi connectivity index (χ2n) is 15.0. The summed E-state index contributed by atoms with van der Waals surface area (Å²) in [4.78, 5) is 0. The Kier molecular flexibility index (Phi) is 8.12. The van der Waals surface area contributed by atoms with Crippen LogP contribution in [0.15, 0.2) is 218 Å². The van der Waals surface area contributed by atoms with Gasteiger partial charge in [0.25, 0.3) is 0 Å². The number of benzene rings is 11. The fourth-order valence-electron chi connectivity index (χ4n) is 8.75. The average Bonchev–Trinajstić information content (AvgIpc) is 3.28. The third-order valence-corrected chi connectivity index (χ3v) is 12.7. The molecule has 2 radical (unpaired) electrons. The Morgan fingerprint density at radius 3 is 1.19 bits per heavy atom. The lowest BCUT2D eigenvalue weighted by molar-refractivity contribution is 1.60. The molecule has 0 bridgehead atoms. The molecule has 11 aromatic rings. The monoisotopic (exact) mass is 736 g/mol. The number of hydrogen-bond acceptors (Lipinski definition) is 0. The van der Waals surface area contributed by atoms with Crippen molar-refractivity contribution < 1.29 is 0 Å². The Labute approximate surface area is 335 Å².